The number of amides is 1. The fourth-order valence-electron chi connectivity index (χ4n) is 2.74. The van der Waals surface area contributed by atoms with Crippen LogP contribution >= 0.6 is 0 Å². The number of hydrogen-bond donors (Lipinski definition) is 1. The van der Waals surface area contributed by atoms with Crippen LogP contribution in [0.15, 0.2) is 30.3 Å². The van der Waals surface area contributed by atoms with E-state index in [1.165, 1.54) is 15.9 Å². The van der Waals surface area contributed by atoms with Crippen molar-refractivity contribution in [1.82, 2.24) is 14.7 Å². The fraction of sp³-hybridized carbons (Fsp3) is 0.375. The largest absolute Gasteiger partial charge is 0.384 e. The molecule has 0 spiro atoms. The number of carbonyl (C=O) groups is 1. The Balaban J connectivity index is 1.65. The maximum absolute atomic E-state index is 12.4. The second-order valence-electron chi connectivity index (χ2n) is 5.70. The molecule has 0 saturated carbocycles. The molecule has 1 aromatic heterocycles. The van der Waals surface area contributed by atoms with Crippen LogP contribution < -0.4 is 10.6 Å². The molecule has 0 aliphatic carbocycles. The Morgan fingerprint density at radius 1 is 1.18 bits per heavy atom. The first kappa shape index (κ1) is 14.4. The molecule has 1 amide bonds. The van der Waals surface area contributed by atoms with E-state index in [4.69, 9.17) is 5.73 Å². The molecule has 0 bridgehead atoms. The number of nitrogens with zero attached hydrogens (tertiary/aromatic N) is 4. The number of piperazine rings is 1. The van der Waals surface area contributed by atoms with Crippen LogP contribution in [0.3, 0.4) is 0 Å². The molecule has 3 rings (SSSR count). The lowest BCUT2D eigenvalue weighted by Gasteiger charge is -2.36. The third-order valence-corrected chi connectivity index (χ3v) is 4.07. The number of hydrogen-bond acceptors (Lipinski definition) is 4. The molecule has 2 N–H and O–H groups in total. The van der Waals surface area contributed by atoms with Gasteiger partial charge in [0.25, 0.3) is 5.91 Å². The summed E-state index contributed by atoms with van der Waals surface area (Å²) >= 11 is 0. The van der Waals surface area contributed by atoms with E-state index in [0.29, 0.717) is 24.6 Å². The Kier molecular flexibility index (Phi) is 3.75. The average molecular weight is 299 g/mol. The summed E-state index contributed by atoms with van der Waals surface area (Å²) < 4.78 is 1.52. The first-order valence-corrected chi connectivity index (χ1v) is 7.45. The van der Waals surface area contributed by atoms with Gasteiger partial charge in [0.2, 0.25) is 0 Å². The van der Waals surface area contributed by atoms with Crippen LogP contribution in [0, 0.1) is 6.92 Å². The summed E-state index contributed by atoms with van der Waals surface area (Å²) in [6.45, 7) is 5.15. The number of benzene rings is 1. The van der Waals surface area contributed by atoms with Gasteiger partial charge < -0.3 is 15.5 Å². The van der Waals surface area contributed by atoms with Crippen LogP contribution in [0.2, 0.25) is 0 Å². The van der Waals surface area contributed by atoms with Gasteiger partial charge in [-0.3, -0.25) is 9.48 Å². The van der Waals surface area contributed by atoms with Crippen LogP contribution in [0.1, 0.15) is 16.1 Å². The van der Waals surface area contributed by atoms with Gasteiger partial charge >= 0.3 is 0 Å². The molecule has 1 fully saturated rings. The molecule has 2 heterocycles. The molecule has 6 nitrogen and oxygen atoms in total. The number of carbonyl (C=O) groups excluding carboxylic acids is 1. The highest BCUT2D eigenvalue weighted by Crippen LogP contribution is 2.18. The summed E-state index contributed by atoms with van der Waals surface area (Å²) in [7, 11) is 1.74. The molecule has 1 aromatic carbocycles. The molecular formula is C16H21N5O. The van der Waals surface area contributed by atoms with Gasteiger partial charge in [0.05, 0.1) is 0 Å². The number of aryl methyl sites for hydroxylation is 2. The Labute approximate surface area is 130 Å². The van der Waals surface area contributed by atoms with Gasteiger partial charge in [-0.05, 0) is 24.6 Å². The average Bonchev–Trinajstić information content (AvgIpc) is 2.86. The van der Waals surface area contributed by atoms with E-state index in [1.807, 2.05) is 4.90 Å². The second kappa shape index (κ2) is 5.71. The third-order valence-electron chi connectivity index (χ3n) is 4.07. The van der Waals surface area contributed by atoms with Crippen molar-refractivity contribution >= 4 is 17.4 Å². The summed E-state index contributed by atoms with van der Waals surface area (Å²) in [5.74, 6) is 0.456. The minimum atomic E-state index is -0.0452. The lowest BCUT2D eigenvalue weighted by molar-refractivity contribution is 0.0740. The SMILES string of the molecule is Cc1cccc(N2CCN(C(=O)c3cc(N)n(C)n3)CC2)c1. The molecule has 0 atom stereocenters. The van der Waals surface area contributed by atoms with E-state index in [0.717, 1.165) is 13.1 Å². The highest BCUT2D eigenvalue weighted by atomic mass is 16.2. The maximum atomic E-state index is 12.4. The number of rotatable bonds is 2. The zero-order valence-corrected chi connectivity index (χ0v) is 13.0. The number of anilines is 2. The normalized spacial score (nSPS) is 15.2. The molecule has 0 unspecified atom stereocenters. The van der Waals surface area contributed by atoms with Gasteiger partial charge in [-0.2, -0.15) is 5.10 Å². The minimum Gasteiger partial charge on any atom is -0.384 e. The van der Waals surface area contributed by atoms with Crippen molar-refractivity contribution in [2.24, 2.45) is 7.05 Å². The molecule has 1 aliphatic heterocycles. The number of aromatic nitrogens is 2. The van der Waals surface area contributed by atoms with E-state index in [2.05, 4.69) is 41.2 Å². The van der Waals surface area contributed by atoms with E-state index in [9.17, 15) is 4.79 Å². The van der Waals surface area contributed by atoms with Crippen molar-refractivity contribution in [2.75, 3.05) is 36.8 Å². The zero-order chi connectivity index (χ0) is 15.7. The van der Waals surface area contributed by atoms with Gasteiger partial charge in [-0.1, -0.05) is 12.1 Å². The van der Waals surface area contributed by atoms with Crippen LogP contribution in [0.25, 0.3) is 0 Å². The molecule has 116 valence electrons. The first-order chi connectivity index (χ1) is 10.5. The third kappa shape index (κ3) is 2.77. The standard InChI is InChI=1S/C16H21N5O/c1-12-4-3-5-13(10-12)20-6-8-21(9-7-20)16(22)14-11-15(17)19(2)18-14/h3-5,10-11H,6-9,17H2,1-2H3. The van der Waals surface area contributed by atoms with E-state index >= 15 is 0 Å². The molecule has 0 radical (unpaired) electrons. The van der Waals surface area contributed by atoms with Crippen LogP contribution in [-0.2, 0) is 7.05 Å². The van der Waals surface area contributed by atoms with E-state index in [1.54, 1.807) is 13.1 Å². The zero-order valence-electron chi connectivity index (χ0n) is 13.0. The second-order valence-corrected chi connectivity index (χ2v) is 5.70. The summed E-state index contributed by atoms with van der Waals surface area (Å²) in [5.41, 5.74) is 8.63. The van der Waals surface area contributed by atoms with Crippen molar-refractivity contribution in [3.05, 3.63) is 41.6 Å². The Bertz CT molecular complexity index is 666. The number of nitrogens with two attached hydrogens (primary N) is 1. The van der Waals surface area contributed by atoms with Gasteiger partial charge in [0.1, 0.15) is 5.82 Å². The van der Waals surface area contributed by atoms with E-state index < -0.39 is 0 Å². The van der Waals surface area contributed by atoms with Gasteiger partial charge in [-0.15, -0.1) is 0 Å². The highest BCUT2D eigenvalue weighted by Gasteiger charge is 2.24. The predicted octanol–water partition coefficient (Wildman–Crippen LogP) is 1.27. The summed E-state index contributed by atoms with van der Waals surface area (Å²) in [6.07, 6.45) is 0. The smallest absolute Gasteiger partial charge is 0.274 e. The van der Waals surface area contributed by atoms with Crippen LogP contribution in [-0.4, -0.2) is 46.8 Å². The monoisotopic (exact) mass is 299 g/mol. The van der Waals surface area contributed by atoms with Crippen molar-refractivity contribution < 1.29 is 4.79 Å². The molecular weight excluding hydrogens is 278 g/mol. The van der Waals surface area contributed by atoms with Crippen LogP contribution in [0.4, 0.5) is 11.5 Å². The maximum Gasteiger partial charge on any atom is 0.274 e. The van der Waals surface area contributed by atoms with Gasteiger partial charge in [0.15, 0.2) is 5.69 Å². The van der Waals surface area contributed by atoms with Gasteiger partial charge in [0, 0.05) is 45.0 Å². The summed E-state index contributed by atoms with van der Waals surface area (Å²) in [4.78, 5) is 16.6. The molecule has 6 heteroatoms. The number of nitrogen functional groups attached to an aromatic ring is 1. The topological polar surface area (TPSA) is 67.4 Å². The Morgan fingerprint density at radius 2 is 1.91 bits per heavy atom. The van der Waals surface area contributed by atoms with Gasteiger partial charge in [-0.25, -0.2) is 0 Å². The lowest BCUT2D eigenvalue weighted by Crippen LogP contribution is -2.48. The molecule has 1 aliphatic rings. The van der Waals surface area contributed by atoms with Crippen LogP contribution in [0.5, 0.6) is 0 Å². The molecule has 22 heavy (non-hydrogen) atoms. The minimum absolute atomic E-state index is 0.0452. The fourth-order valence-corrected chi connectivity index (χ4v) is 2.74. The predicted molar refractivity (Wildman–Crippen MR) is 86.9 cm³/mol. The van der Waals surface area contributed by atoms with Crippen molar-refractivity contribution in [1.29, 1.82) is 0 Å². The van der Waals surface area contributed by atoms with Crippen molar-refractivity contribution in [3.8, 4) is 0 Å². The van der Waals surface area contributed by atoms with Crippen molar-refractivity contribution in [3.63, 3.8) is 0 Å². The first-order valence-electron chi connectivity index (χ1n) is 7.45. The summed E-state index contributed by atoms with van der Waals surface area (Å²) in [6, 6.07) is 10.1. The van der Waals surface area contributed by atoms with E-state index in [-0.39, 0.29) is 5.91 Å². The summed E-state index contributed by atoms with van der Waals surface area (Å²) in [5, 5.41) is 4.16. The lowest BCUT2D eigenvalue weighted by atomic mass is 10.2. The highest BCUT2D eigenvalue weighted by molar-refractivity contribution is 5.93. The Hall–Kier alpha value is -2.50. The molecule has 1 saturated heterocycles. The van der Waals surface area contributed by atoms with Crippen molar-refractivity contribution in [2.45, 2.75) is 6.92 Å². The molecule has 2 aromatic rings. The quantitative estimate of drug-likeness (QED) is 0.907. The Morgan fingerprint density at radius 3 is 2.50 bits per heavy atom.